The van der Waals surface area contributed by atoms with Gasteiger partial charge in [0, 0.05) is 0 Å². The topological polar surface area (TPSA) is 105 Å². The van der Waals surface area contributed by atoms with E-state index in [1.807, 2.05) is 0 Å². The third-order valence-electron chi connectivity index (χ3n) is 2.88. The summed E-state index contributed by atoms with van der Waals surface area (Å²) in [6.07, 6.45) is -0.625. The Bertz CT molecular complexity index is 544. The number of aliphatic hydroxyl groups is 2. The number of nitrogens with zero attached hydrogens (tertiary/aromatic N) is 1. The van der Waals surface area contributed by atoms with Gasteiger partial charge in [-0.25, -0.2) is 0 Å². The minimum atomic E-state index is -1.95. The van der Waals surface area contributed by atoms with Gasteiger partial charge in [0.15, 0.2) is 0 Å². The fourth-order valence-electron chi connectivity index (χ4n) is 1.89. The number of ether oxygens (including phenoxy) is 1. The van der Waals surface area contributed by atoms with Gasteiger partial charge in [-0.05, 0) is 0 Å². The Morgan fingerprint density at radius 1 is 1.61 bits per heavy atom. The third-order valence-corrected chi connectivity index (χ3v) is 8.48. The Kier molecular flexibility index (Phi) is 4.60. The number of H-pyrrole nitrogens is 1. The first kappa shape index (κ1) is 14.2. The fourth-order valence-corrected chi connectivity index (χ4v) is 5.41. The van der Waals surface area contributed by atoms with E-state index in [0.717, 1.165) is 0 Å². The predicted octanol–water partition coefficient (Wildman–Crippen LogP) is -1.96. The predicted molar refractivity (Wildman–Crippen MR) is 58.4 cm³/mol. The van der Waals surface area contributed by atoms with E-state index < -0.39 is 53.0 Å². The summed E-state index contributed by atoms with van der Waals surface area (Å²) in [6.45, 7) is -0.321. The molecule has 1 aliphatic rings. The van der Waals surface area contributed by atoms with Crippen molar-refractivity contribution < 1.29 is 38.3 Å². The molecule has 0 aromatic carbocycles. The van der Waals surface area contributed by atoms with Crippen molar-refractivity contribution in [1.82, 2.24) is 9.55 Å². The molecule has 1 aliphatic heterocycles. The Hall–Kier alpha value is -0.215. The average Bonchev–Trinajstić information content (AvgIpc) is 2.70. The molecule has 2 rings (SSSR count). The number of aromatic nitrogens is 2. The van der Waals surface area contributed by atoms with Crippen molar-refractivity contribution in [3.63, 3.8) is 0 Å². The van der Waals surface area contributed by atoms with E-state index in [4.69, 9.17) is 18.1 Å². The standard InChI is InChI=1S/C9H11N2O5.ClH.Hg/c12-4-6-5(13)3-8(16-6)11-2-1-7(14)10-9(11)15;;/h2,5-6,8,12-13H,3-4H2,(H,10,14,15);1H;/q;;+1/p-1/t5?,6-,8-;;/m1../s1. The number of aromatic amines is 1. The SMILES string of the molecule is O=c1[nH]c(=O)n([C@H]2CC(O)[C@@H](CO)O2)c[c]1[Hg][Cl]. The van der Waals surface area contributed by atoms with Gasteiger partial charge in [-0.2, -0.15) is 0 Å². The summed E-state index contributed by atoms with van der Waals surface area (Å²) < 4.78 is 7.03. The number of halogens is 1. The Labute approximate surface area is 117 Å². The van der Waals surface area contributed by atoms with Crippen molar-refractivity contribution in [2.75, 3.05) is 6.61 Å². The van der Waals surface area contributed by atoms with Gasteiger partial charge in [-0.15, -0.1) is 0 Å². The number of rotatable bonds is 3. The second-order valence-electron chi connectivity index (χ2n) is 4.07. The molecule has 0 spiro atoms. The fraction of sp³-hybridized carbons (Fsp3) is 0.556. The molecule has 0 saturated carbocycles. The molecule has 18 heavy (non-hydrogen) atoms. The van der Waals surface area contributed by atoms with Crippen LogP contribution in [-0.4, -0.2) is 38.6 Å². The monoisotopic (exact) mass is 464 g/mol. The van der Waals surface area contributed by atoms with E-state index in [0.29, 0.717) is 3.07 Å². The molecule has 0 radical (unpaired) electrons. The molecule has 3 atom stereocenters. The number of aliphatic hydroxyl groups excluding tert-OH is 2. The van der Waals surface area contributed by atoms with Crippen LogP contribution in [0, 0.1) is 0 Å². The van der Waals surface area contributed by atoms with Crippen molar-refractivity contribution in [3.8, 4) is 0 Å². The van der Waals surface area contributed by atoms with Gasteiger partial charge in [-0.3, -0.25) is 0 Å². The quantitative estimate of drug-likeness (QED) is 0.452. The van der Waals surface area contributed by atoms with Gasteiger partial charge in [0.2, 0.25) is 0 Å². The summed E-state index contributed by atoms with van der Waals surface area (Å²) in [7, 11) is 5.80. The van der Waals surface area contributed by atoms with E-state index in [1.165, 1.54) is 10.8 Å². The summed E-state index contributed by atoms with van der Waals surface area (Å²) in [6, 6.07) is 0. The Balaban J connectivity index is 2.35. The molecule has 7 nitrogen and oxygen atoms in total. The van der Waals surface area contributed by atoms with Gasteiger partial charge in [0.25, 0.3) is 0 Å². The molecule has 1 saturated heterocycles. The Morgan fingerprint density at radius 3 is 2.89 bits per heavy atom. The van der Waals surface area contributed by atoms with Crippen LogP contribution in [0.15, 0.2) is 15.8 Å². The zero-order chi connectivity index (χ0) is 13.3. The van der Waals surface area contributed by atoms with Crippen molar-refractivity contribution in [2.24, 2.45) is 0 Å². The van der Waals surface area contributed by atoms with Gasteiger partial charge >= 0.3 is 118 Å². The summed E-state index contributed by atoms with van der Waals surface area (Å²) in [4.78, 5) is 25.2. The van der Waals surface area contributed by atoms with Crippen LogP contribution in [0.25, 0.3) is 0 Å². The van der Waals surface area contributed by atoms with E-state index in [2.05, 4.69) is 4.98 Å². The van der Waals surface area contributed by atoms with Gasteiger partial charge in [0.05, 0.1) is 0 Å². The second-order valence-corrected chi connectivity index (χ2v) is 10.4. The molecule has 1 fully saturated rings. The van der Waals surface area contributed by atoms with Crippen LogP contribution in [-0.2, 0) is 28.1 Å². The third kappa shape index (κ3) is 2.69. The molecule has 1 aromatic heterocycles. The van der Waals surface area contributed by atoms with Crippen molar-refractivity contribution in [3.05, 3.63) is 27.0 Å². The summed E-state index contributed by atoms with van der Waals surface area (Å²) in [5, 5.41) is 18.6. The molecule has 1 unspecified atom stereocenters. The number of hydrogen-bond acceptors (Lipinski definition) is 5. The van der Waals surface area contributed by atoms with E-state index >= 15 is 0 Å². The minimum absolute atomic E-state index is 0.190. The van der Waals surface area contributed by atoms with Crippen molar-refractivity contribution >= 4 is 11.3 Å². The van der Waals surface area contributed by atoms with E-state index in [9.17, 15) is 14.7 Å². The van der Waals surface area contributed by atoms with Crippen molar-refractivity contribution in [2.45, 2.75) is 24.9 Å². The Morgan fingerprint density at radius 2 is 2.33 bits per heavy atom. The van der Waals surface area contributed by atoms with E-state index in [1.54, 1.807) is 0 Å². The maximum absolute atomic E-state index is 11.7. The molecule has 1 aromatic rings. The molecule has 96 valence electrons. The van der Waals surface area contributed by atoms with Gasteiger partial charge in [-0.1, -0.05) is 0 Å². The second kappa shape index (κ2) is 5.83. The van der Waals surface area contributed by atoms with Crippen LogP contribution in [0.2, 0.25) is 0 Å². The zero-order valence-electron chi connectivity index (χ0n) is 9.38. The van der Waals surface area contributed by atoms with Gasteiger partial charge in [0.1, 0.15) is 0 Å². The summed E-state index contributed by atoms with van der Waals surface area (Å²) in [5.41, 5.74) is -1.04. The maximum atomic E-state index is 11.7. The van der Waals surface area contributed by atoms with Crippen LogP contribution < -0.4 is 14.3 Å². The number of hydrogen-bond donors (Lipinski definition) is 3. The molecule has 3 N–H and O–H groups in total. The van der Waals surface area contributed by atoms with Gasteiger partial charge < -0.3 is 0 Å². The van der Waals surface area contributed by atoms with Crippen LogP contribution >= 0.6 is 8.25 Å². The first-order chi connectivity index (χ1) is 8.56. The van der Waals surface area contributed by atoms with Crippen molar-refractivity contribution in [1.29, 1.82) is 0 Å². The first-order valence-corrected chi connectivity index (χ1v) is 14.9. The molecule has 0 bridgehead atoms. The van der Waals surface area contributed by atoms with Crippen LogP contribution in [0.3, 0.4) is 0 Å². The average molecular weight is 463 g/mol. The van der Waals surface area contributed by atoms with Crippen LogP contribution in [0.4, 0.5) is 0 Å². The number of nitrogens with one attached hydrogen (secondary N) is 1. The molecular formula is C9H11ClHgN2O5. The zero-order valence-corrected chi connectivity index (χ0v) is 15.6. The molecule has 0 amide bonds. The van der Waals surface area contributed by atoms with Crippen LogP contribution in [0.5, 0.6) is 0 Å². The molecule has 2 heterocycles. The van der Waals surface area contributed by atoms with Crippen LogP contribution in [0.1, 0.15) is 12.6 Å². The molecule has 0 aliphatic carbocycles. The summed E-state index contributed by atoms with van der Waals surface area (Å²) >= 11 is -1.95. The molecule has 9 heteroatoms. The summed E-state index contributed by atoms with van der Waals surface area (Å²) in [5.74, 6) is 0. The molecular weight excluding hydrogens is 452 g/mol. The van der Waals surface area contributed by atoms with E-state index in [-0.39, 0.29) is 13.0 Å². The normalized spacial score (nSPS) is 27.2. The first-order valence-electron chi connectivity index (χ1n) is 5.41.